The summed E-state index contributed by atoms with van der Waals surface area (Å²) in [5, 5.41) is 8.52. The minimum absolute atomic E-state index is 0.119. The molecule has 0 rings (SSSR count). The topological polar surface area (TPSA) is 57.6 Å². The summed E-state index contributed by atoms with van der Waals surface area (Å²) in [7, 11) is 1.73. The maximum absolute atomic E-state index is 11.3. The molecule has 0 bridgehead atoms. The van der Waals surface area contributed by atoms with Gasteiger partial charge in [-0.3, -0.25) is 9.59 Å². The van der Waals surface area contributed by atoms with Gasteiger partial charge in [-0.1, -0.05) is 13.7 Å². The van der Waals surface area contributed by atoms with E-state index >= 15 is 0 Å². The molecule has 5 heteroatoms. The Morgan fingerprint density at radius 3 is 2.46 bits per heavy atom. The lowest BCUT2D eigenvalue weighted by molar-refractivity contribution is -0.143. The first-order valence-electron chi connectivity index (χ1n) is 4.39. The molecule has 0 fully saturated rings. The number of amides is 1. The summed E-state index contributed by atoms with van der Waals surface area (Å²) < 4.78 is 0. The zero-order valence-corrected chi connectivity index (χ0v) is 8.12. The zero-order chi connectivity index (χ0) is 10.3. The van der Waals surface area contributed by atoms with Crippen molar-refractivity contribution in [2.45, 2.75) is 26.5 Å². The van der Waals surface area contributed by atoms with Crippen LogP contribution in [-0.2, 0) is 9.59 Å². The van der Waals surface area contributed by atoms with Gasteiger partial charge in [-0.05, 0) is 12.7 Å². The maximum atomic E-state index is 11.3. The highest BCUT2D eigenvalue weighted by Crippen LogP contribution is 1.96. The van der Waals surface area contributed by atoms with E-state index < -0.39 is 5.97 Å². The van der Waals surface area contributed by atoms with Crippen LogP contribution in [0.15, 0.2) is 0 Å². The molecule has 73 valence electrons. The van der Waals surface area contributed by atoms with Crippen molar-refractivity contribution in [3.05, 3.63) is 0 Å². The van der Waals surface area contributed by atoms with E-state index in [1.165, 1.54) is 4.90 Å². The van der Waals surface area contributed by atoms with E-state index in [1.54, 1.807) is 14.1 Å². The molecule has 1 radical (unpaired) electrons. The summed E-state index contributed by atoms with van der Waals surface area (Å²) in [5.41, 5.74) is 0. The Hall–Kier alpha value is -0.995. The molecule has 0 atom stereocenters. The number of hydrogen-bond donors (Lipinski definition) is 1. The van der Waals surface area contributed by atoms with E-state index in [1.807, 2.05) is 6.92 Å². The molecule has 1 amide bonds. The third kappa shape index (κ3) is 5.28. The standard InChI is InChI=1S/C8H15BNO3/c1-3-4-10(6-8(12)13)7(11)5-9-2/h3-6H2,1-2H3,(H,12,13). The van der Waals surface area contributed by atoms with Crippen molar-refractivity contribution in [3.63, 3.8) is 0 Å². The van der Waals surface area contributed by atoms with Gasteiger partial charge in [-0.2, -0.15) is 0 Å². The Labute approximate surface area is 79.2 Å². The van der Waals surface area contributed by atoms with Crippen LogP contribution in [0.3, 0.4) is 0 Å². The van der Waals surface area contributed by atoms with Crippen molar-refractivity contribution < 1.29 is 14.7 Å². The molecule has 0 aromatic heterocycles. The average Bonchev–Trinajstić information content (AvgIpc) is 2.03. The van der Waals surface area contributed by atoms with Crippen LogP contribution in [0.4, 0.5) is 0 Å². The fourth-order valence-electron chi connectivity index (χ4n) is 1.03. The van der Waals surface area contributed by atoms with Crippen molar-refractivity contribution in [2.75, 3.05) is 13.1 Å². The highest BCUT2D eigenvalue weighted by molar-refractivity contribution is 6.39. The number of carboxylic acid groups (broad SMARTS) is 1. The smallest absolute Gasteiger partial charge is 0.323 e. The second-order valence-electron chi connectivity index (χ2n) is 2.82. The van der Waals surface area contributed by atoms with Gasteiger partial charge in [0.2, 0.25) is 5.91 Å². The quantitative estimate of drug-likeness (QED) is 0.610. The lowest BCUT2D eigenvalue weighted by Crippen LogP contribution is -2.36. The summed E-state index contributed by atoms with van der Waals surface area (Å²) in [4.78, 5) is 23.1. The monoisotopic (exact) mass is 184 g/mol. The Morgan fingerprint density at radius 1 is 1.46 bits per heavy atom. The molecule has 0 aromatic rings. The second-order valence-corrected chi connectivity index (χ2v) is 2.82. The molecule has 0 aliphatic carbocycles. The Bertz CT molecular complexity index is 184. The molecule has 0 spiro atoms. The molecule has 0 saturated carbocycles. The lowest BCUT2D eigenvalue weighted by atomic mass is 9.77. The fourth-order valence-corrected chi connectivity index (χ4v) is 1.03. The van der Waals surface area contributed by atoms with E-state index in [-0.39, 0.29) is 12.5 Å². The van der Waals surface area contributed by atoms with Crippen LogP contribution < -0.4 is 0 Å². The maximum Gasteiger partial charge on any atom is 0.323 e. The number of carboxylic acids is 1. The molecule has 4 nitrogen and oxygen atoms in total. The van der Waals surface area contributed by atoms with Crippen molar-refractivity contribution in [3.8, 4) is 0 Å². The highest BCUT2D eigenvalue weighted by Gasteiger charge is 2.14. The number of carbonyl (C=O) groups excluding carboxylic acids is 1. The van der Waals surface area contributed by atoms with Gasteiger partial charge >= 0.3 is 5.97 Å². The molecular weight excluding hydrogens is 169 g/mol. The molecule has 0 aliphatic heterocycles. The van der Waals surface area contributed by atoms with Gasteiger partial charge in [0.15, 0.2) is 0 Å². The van der Waals surface area contributed by atoms with Crippen LogP contribution >= 0.6 is 0 Å². The van der Waals surface area contributed by atoms with Crippen LogP contribution in [0.5, 0.6) is 0 Å². The number of carbonyl (C=O) groups is 2. The molecule has 0 unspecified atom stereocenters. The van der Waals surface area contributed by atoms with Crippen molar-refractivity contribution in [2.24, 2.45) is 0 Å². The first-order valence-corrected chi connectivity index (χ1v) is 4.39. The summed E-state index contributed by atoms with van der Waals surface area (Å²) in [6.45, 7) is 4.01. The van der Waals surface area contributed by atoms with E-state index in [2.05, 4.69) is 0 Å². The summed E-state index contributed by atoms with van der Waals surface area (Å²) >= 11 is 0. The normalized spacial score (nSPS) is 9.38. The number of rotatable bonds is 6. The fraction of sp³-hybridized carbons (Fsp3) is 0.750. The van der Waals surface area contributed by atoms with Crippen molar-refractivity contribution in [1.29, 1.82) is 0 Å². The lowest BCUT2D eigenvalue weighted by Gasteiger charge is -2.19. The number of aliphatic carboxylic acids is 1. The predicted octanol–water partition coefficient (Wildman–Crippen LogP) is 0.480. The minimum atomic E-state index is -0.960. The largest absolute Gasteiger partial charge is 0.480 e. The van der Waals surface area contributed by atoms with Crippen LogP contribution in [0.1, 0.15) is 13.3 Å². The van der Waals surface area contributed by atoms with Crippen LogP contribution in [-0.4, -0.2) is 42.3 Å². The van der Waals surface area contributed by atoms with Crippen LogP contribution in [0.2, 0.25) is 13.1 Å². The van der Waals surface area contributed by atoms with Gasteiger partial charge < -0.3 is 10.0 Å². The summed E-state index contributed by atoms with van der Waals surface area (Å²) in [6, 6.07) is 0. The van der Waals surface area contributed by atoms with Gasteiger partial charge in [0, 0.05) is 6.54 Å². The van der Waals surface area contributed by atoms with Crippen molar-refractivity contribution in [1.82, 2.24) is 4.90 Å². The zero-order valence-electron chi connectivity index (χ0n) is 8.12. The molecule has 0 aliphatic rings. The number of hydrogen-bond acceptors (Lipinski definition) is 2. The van der Waals surface area contributed by atoms with E-state index in [4.69, 9.17) is 5.11 Å². The van der Waals surface area contributed by atoms with Gasteiger partial charge in [0.1, 0.15) is 13.8 Å². The Kier molecular flexibility index (Phi) is 6.01. The minimum Gasteiger partial charge on any atom is -0.480 e. The Morgan fingerprint density at radius 2 is 2.08 bits per heavy atom. The summed E-state index contributed by atoms with van der Waals surface area (Å²) in [6.07, 6.45) is 1.09. The molecule has 13 heavy (non-hydrogen) atoms. The highest BCUT2D eigenvalue weighted by atomic mass is 16.4. The average molecular weight is 184 g/mol. The van der Waals surface area contributed by atoms with Crippen LogP contribution in [0.25, 0.3) is 0 Å². The third-order valence-corrected chi connectivity index (χ3v) is 1.55. The van der Waals surface area contributed by atoms with Crippen molar-refractivity contribution >= 4 is 19.2 Å². The number of nitrogens with zero attached hydrogens (tertiary/aromatic N) is 1. The van der Waals surface area contributed by atoms with Crippen LogP contribution in [0, 0.1) is 0 Å². The third-order valence-electron chi connectivity index (χ3n) is 1.55. The Balaban J connectivity index is 4.06. The van der Waals surface area contributed by atoms with Gasteiger partial charge in [0.25, 0.3) is 0 Å². The van der Waals surface area contributed by atoms with Gasteiger partial charge in [0.05, 0.1) is 0 Å². The summed E-state index contributed by atoms with van der Waals surface area (Å²) in [5.74, 6) is -1.08. The van der Waals surface area contributed by atoms with E-state index in [0.717, 1.165) is 6.42 Å². The second kappa shape index (κ2) is 6.51. The van der Waals surface area contributed by atoms with Gasteiger partial charge in [-0.25, -0.2) is 0 Å². The first kappa shape index (κ1) is 12.0. The molecular formula is C8H15BNO3. The SMILES string of the molecule is C[B]CC(=O)N(CCC)CC(=O)O. The predicted molar refractivity (Wildman–Crippen MR) is 50.9 cm³/mol. The first-order chi connectivity index (χ1) is 6.11. The molecule has 0 aromatic carbocycles. The van der Waals surface area contributed by atoms with E-state index in [9.17, 15) is 9.59 Å². The molecule has 1 N–H and O–H groups in total. The molecule has 0 saturated heterocycles. The molecule has 0 heterocycles. The van der Waals surface area contributed by atoms with Gasteiger partial charge in [-0.15, -0.1) is 0 Å². The van der Waals surface area contributed by atoms with E-state index in [0.29, 0.717) is 12.9 Å².